The lowest BCUT2D eigenvalue weighted by atomic mass is 9.94. The summed E-state index contributed by atoms with van der Waals surface area (Å²) in [5, 5.41) is 0. The van der Waals surface area contributed by atoms with E-state index in [0.717, 1.165) is 62.5 Å². The molecule has 3 rings (SSSR count). The second-order valence-corrected chi connectivity index (χ2v) is 6.98. The molecule has 0 aromatic heterocycles. The molecule has 0 aliphatic heterocycles. The van der Waals surface area contributed by atoms with Crippen LogP contribution >= 0.6 is 0 Å². The zero-order chi connectivity index (χ0) is 16.8. The molecule has 0 fully saturated rings. The molecule has 0 bridgehead atoms. The topological polar surface area (TPSA) is 34.1 Å². The molecule has 126 valence electrons. The van der Waals surface area contributed by atoms with Crippen LogP contribution in [0.15, 0.2) is 53.6 Å². The fourth-order valence-electron chi connectivity index (χ4n) is 3.75. The van der Waals surface area contributed by atoms with Crippen molar-refractivity contribution in [2.75, 3.05) is 0 Å². The number of ketones is 2. The van der Waals surface area contributed by atoms with Crippen LogP contribution in [0, 0.1) is 5.92 Å². The minimum absolute atomic E-state index is 0.191. The third-order valence-corrected chi connectivity index (χ3v) is 5.19. The molecule has 1 unspecified atom stereocenters. The van der Waals surface area contributed by atoms with Gasteiger partial charge in [0.15, 0.2) is 11.6 Å². The Hall–Kier alpha value is -1.96. The van der Waals surface area contributed by atoms with E-state index in [2.05, 4.69) is 24.3 Å². The van der Waals surface area contributed by atoms with Gasteiger partial charge in [-0.3, -0.25) is 9.59 Å². The number of Topliss-reactive ketones (excluding diaryl/α,β-unsaturated/α-hetero) is 2. The highest BCUT2D eigenvalue weighted by Gasteiger charge is 2.26. The first kappa shape index (κ1) is 16.9. The largest absolute Gasteiger partial charge is 0.295 e. The number of allylic oxidation sites excluding steroid dienone is 4. The second-order valence-electron chi connectivity index (χ2n) is 6.98. The van der Waals surface area contributed by atoms with Crippen molar-refractivity contribution in [2.45, 2.75) is 57.8 Å². The van der Waals surface area contributed by atoms with E-state index in [1.165, 1.54) is 5.56 Å². The van der Waals surface area contributed by atoms with Crippen LogP contribution in [-0.4, -0.2) is 11.6 Å². The summed E-state index contributed by atoms with van der Waals surface area (Å²) in [6, 6.07) is 10.2. The second kappa shape index (κ2) is 8.23. The molecule has 0 radical (unpaired) electrons. The molecule has 24 heavy (non-hydrogen) atoms. The van der Waals surface area contributed by atoms with E-state index in [1.54, 1.807) is 0 Å². The number of rotatable bonds is 8. The molecule has 0 N–H and O–H groups in total. The first-order valence-electron chi connectivity index (χ1n) is 9.23. The first-order chi connectivity index (χ1) is 11.7. The minimum Gasteiger partial charge on any atom is -0.295 e. The summed E-state index contributed by atoms with van der Waals surface area (Å²) in [6.45, 7) is 0. The Labute approximate surface area is 144 Å². The maximum Gasteiger partial charge on any atom is 0.162 e. The van der Waals surface area contributed by atoms with Crippen LogP contribution in [0.3, 0.4) is 0 Å². The normalized spacial score (nSPS) is 20.4. The van der Waals surface area contributed by atoms with Crippen molar-refractivity contribution in [1.29, 1.82) is 0 Å². The predicted octanol–water partition coefficient (Wildman–Crippen LogP) is 4.98. The summed E-state index contributed by atoms with van der Waals surface area (Å²) in [5.74, 6) is 0.888. The number of carbonyl (C=O) groups excluding carboxylic acids is 2. The average molecular weight is 322 g/mol. The third kappa shape index (κ3) is 4.31. The zero-order valence-electron chi connectivity index (χ0n) is 14.3. The van der Waals surface area contributed by atoms with Crippen LogP contribution in [0.25, 0.3) is 0 Å². The van der Waals surface area contributed by atoms with Gasteiger partial charge in [-0.15, -0.1) is 0 Å². The van der Waals surface area contributed by atoms with Crippen LogP contribution in [-0.2, 0) is 16.0 Å². The molecule has 2 nitrogen and oxygen atoms in total. The molecule has 0 saturated heterocycles. The van der Waals surface area contributed by atoms with Crippen LogP contribution in [0.4, 0.5) is 0 Å². The van der Waals surface area contributed by atoms with Gasteiger partial charge in [0.1, 0.15) is 0 Å². The Bertz CT molecular complexity index is 652. The van der Waals surface area contributed by atoms with Gasteiger partial charge < -0.3 is 0 Å². The summed E-state index contributed by atoms with van der Waals surface area (Å²) in [7, 11) is 0. The smallest absolute Gasteiger partial charge is 0.162 e. The van der Waals surface area contributed by atoms with Crippen LogP contribution in [0.2, 0.25) is 0 Å². The quantitative estimate of drug-likeness (QED) is 0.632. The molecule has 0 spiro atoms. The lowest BCUT2D eigenvalue weighted by molar-refractivity contribution is -0.118. The van der Waals surface area contributed by atoms with E-state index < -0.39 is 0 Å². The van der Waals surface area contributed by atoms with Gasteiger partial charge >= 0.3 is 0 Å². The van der Waals surface area contributed by atoms with Crippen LogP contribution in [0.1, 0.15) is 56.9 Å². The van der Waals surface area contributed by atoms with E-state index in [9.17, 15) is 9.59 Å². The van der Waals surface area contributed by atoms with E-state index >= 15 is 0 Å². The summed E-state index contributed by atoms with van der Waals surface area (Å²) < 4.78 is 0. The molecular formula is C22H26O2. The molecule has 2 aliphatic carbocycles. The van der Waals surface area contributed by atoms with Crippen molar-refractivity contribution in [3.8, 4) is 0 Å². The van der Waals surface area contributed by atoms with Crippen molar-refractivity contribution in [3.05, 3.63) is 59.2 Å². The van der Waals surface area contributed by atoms with Crippen molar-refractivity contribution in [2.24, 2.45) is 5.92 Å². The van der Waals surface area contributed by atoms with Gasteiger partial charge in [0.25, 0.3) is 0 Å². The number of hydrogen-bond donors (Lipinski definition) is 0. The summed E-state index contributed by atoms with van der Waals surface area (Å²) >= 11 is 0. The van der Waals surface area contributed by atoms with Crippen LogP contribution in [0.5, 0.6) is 0 Å². The molecule has 1 aromatic rings. The van der Waals surface area contributed by atoms with E-state index in [0.29, 0.717) is 18.0 Å². The van der Waals surface area contributed by atoms with Gasteiger partial charge in [-0.2, -0.15) is 0 Å². The standard InChI is InChI=1S/C22H26O2/c23-21-13-7-12-18(21)10-5-2-6-11-19-14-15-20(22(19)24)16-17-8-3-1-4-9-17/h1,3-4,8-9,12,15,19H,2,5-7,10-11,13-14,16H2. The van der Waals surface area contributed by atoms with Gasteiger partial charge in [0.2, 0.25) is 0 Å². The summed E-state index contributed by atoms with van der Waals surface area (Å²) in [5.41, 5.74) is 3.25. The third-order valence-electron chi connectivity index (χ3n) is 5.19. The van der Waals surface area contributed by atoms with Crippen molar-refractivity contribution in [3.63, 3.8) is 0 Å². The summed E-state index contributed by atoms with van der Waals surface area (Å²) in [6.07, 6.45) is 12.7. The monoisotopic (exact) mass is 322 g/mol. The Balaban J connectivity index is 1.35. The molecule has 0 saturated carbocycles. The Morgan fingerprint density at radius 2 is 1.75 bits per heavy atom. The van der Waals surface area contributed by atoms with E-state index in [-0.39, 0.29) is 5.92 Å². The maximum absolute atomic E-state index is 12.5. The van der Waals surface area contributed by atoms with Crippen molar-refractivity contribution in [1.82, 2.24) is 0 Å². The zero-order valence-corrected chi connectivity index (χ0v) is 14.3. The maximum atomic E-state index is 12.5. The lowest BCUT2D eigenvalue weighted by Gasteiger charge is -2.09. The molecule has 0 amide bonds. The molecule has 1 atom stereocenters. The first-order valence-corrected chi connectivity index (χ1v) is 9.23. The molecule has 2 aliphatic rings. The summed E-state index contributed by atoms with van der Waals surface area (Å²) in [4.78, 5) is 24.1. The minimum atomic E-state index is 0.191. The molecule has 2 heteroatoms. The number of unbranched alkanes of at least 4 members (excludes halogenated alkanes) is 2. The van der Waals surface area contributed by atoms with Gasteiger partial charge in [-0.05, 0) is 48.8 Å². The predicted molar refractivity (Wildman–Crippen MR) is 96.8 cm³/mol. The fraction of sp³-hybridized carbons (Fsp3) is 0.455. The highest BCUT2D eigenvalue weighted by atomic mass is 16.1. The molecule has 0 heterocycles. The van der Waals surface area contributed by atoms with Crippen molar-refractivity contribution >= 4 is 11.6 Å². The van der Waals surface area contributed by atoms with E-state index in [4.69, 9.17) is 0 Å². The van der Waals surface area contributed by atoms with E-state index in [1.807, 2.05) is 18.2 Å². The SMILES string of the molecule is O=C1CCC=C1CCCCCC1CC=C(Cc2ccccc2)C1=O. The van der Waals surface area contributed by atoms with Crippen molar-refractivity contribution < 1.29 is 9.59 Å². The average Bonchev–Trinajstić information content (AvgIpc) is 3.16. The van der Waals surface area contributed by atoms with Gasteiger partial charge in [-0.1, -0.05) is 55.3 Å². The Morgan fingerprint density at radius 3 is 2.50 bits per heavy atom. The number of carbonyl (C=O) groups is 2. The highest BCUT2D eigenvalue weighted by molar-refractivity contribution is 5.99. The molecule has 1 aromatic carbocycles. The van der Waals surface area contributed by atoms with Gasteiger partial charge in [-0.25, -0.2) is 0 Å². The van der Waals surface area contributed by atoms with Gasteiger partial charge in [0, 0.05) is 18.8 Å². The van der Waals surface area contributed by atoms with Gasteiger partial charge in [0.05, 0.1) is 0 Å². The fourth-order valence-corrected chi connectivity index (χ4v) is 3.75. The lowest BCUT2D eigenvalue weighted by Crippen LogP contribution is -2.11. The Kier molecular flexibility index (Phi) is 5.79. The molecular weight excluding hydrogens is 296 g/mol. The number of hydrogen-bond acceptors (Lipinski definition) is 2. The number of benzene rings is 1. The van der Waals surface area contributed by atoms with Crippen LogP contribution < -0.4 is 0 Å². The Morgan fingerprint density at radius 1 is 0.917 bits per heavy atom. The highest BCUT2D eigenvalue weighted by Crippen LogP contribution is 2.28.